The highest BCUT2D eigenvalue weighted by molar-refractivity contribution is 5.70. The second-order valence-electron chi connectivity index (χ2n) is 5.79. The summed E-state index contributed by atoms with van der Waals surface area (Å²) >= 11 is 0. The molecule has 0 bridgehead atoms. The molecule has 1 fully saturated rings. The SMILES string of the molecule is Cc1cnn(CCNCC2(O)CCC(C(=O)O)CC2)c1. The van der Waals surface area contributed by atoms with E-state index in [1.54, 1.807) is 0 Å². The lowest BCUT2D eigenvalue weighted by Gasteiger charge is -2.34. The van der Waals surface area contributed by atoms with E-state index in [1.807, 2.05) is 24.0 Å². The van der Waals surface area contributed by atoms with Crippen LogP contribution in [0.25, 0.3) is 0 Å². The Labute approximate surface area is 118 Å². The molecule has 1 aliphatic rings. The number of carboxylic acid groups (broad SMARTS) is 1. The first-order valence-electron chi connectivity index (χ1n) is 7.13. The molecular weight excluding hydrogens is 258 g/mol. The molecule has 2 rings (SSSR count). The molecule has 0 amide bonds. The Hall–Kier alpha value is -1.40. The van der Waals surface area contributed by atoms with E-state index >= 15 is 0 Å². The highest BCUT2D eigenvalue weighted by Crippen LogP contribution is 2.31. The van der Waals surface area contributed by atoms with Gasteiger partial charge in [-0.1, -0.05) is 0 Å². The van der Waals surface area contributed by atoms with Gasteiger partial charge in [-0.2, -0.15) is 5.10 Å². The number of carboxylic acids is 1. The predicted octanol–water partition coefficient (Wildman–Crippen LogP) is 0.787. The molecule has 1 aliphatic carbocycles. The van der Waals surface area contributed by atoms with Crippen LogP contribution in [-0.2, 0) is 11.3 Å². The van der Waals surface area contributed by atoms with E-state index in [1.165, 1.54) is 0 Å². The predicted molar refractivity (Wildman–Crippen MR) is 74.4 cm³/mol. The largest absolute Gasteiger partial charge is 0.481 e. The molecule has 1 aromatic rings. The Balaban J connectivity index is 1.67. The van der Waals surface area contributed by atoms with Gasteiger partial charge in [0.15, 0.2) is 0 Å². The van der Waals surface area contributed by atoms with E-state index in [0.29, 0.717) is 32.2 Å². The minimum absolute atomic E-state index is 0.290. The number of hydrogen-bond donors (Lipinski definition) is 3. The lowest BCUT2D eigenvalue weighted by atomic mass is 9.79. The first kappa shape index (κ1) is 15.0. The first-order valence-corrected chi connectivity index (χ1v) is 7.13. The van der Waals surface area contributed by atoms with Gasteiger partial charge in [0.2, 0.25) is 0 Å². The van der Waals surface area contributed by atoms with Gasteiger partial charge in [0.05, 0.1) is 24.3 Å². The molecule has 0 atom stereocenters. The van der Waals surface area contributed by atoms with Crippen LogP contribution in [0.4, 0.5) is 0 Å². The molecular formula is C14H23N3O3. The number of aliphatic hydroxyl groups is 1. The van der Waals surface area contributed by atoms with Crippen LogP contribution in [0.5, 0.6) is 0 Å². The van der Waals surface area contributed by atoms with Crippen LogP contribution >= 0.6 is 0 Å². The third-order valence-corrected chi connectivity index (χ3v) is 4.00. The number of nitrogens with one attached hydrogen (secondary N) is 1. The Morgan fingerprint density at radius 2 is 2.25 bits per heavy atom. The molecule has 1 saturated carbocycles. The summed E-state index contributed by atoms with van der Waals surface area (Å²) in [6.45, 7) is 4.02. The summed E-state index contributed by atoms with van der Waals surface area (Å²) in [7, 11) is 0. The monoisotopic (exact) mass is 281 g/mol. The van der Waals surface area contributed by atoms with Gasteiger partial charge in [-0.25, -0.2) is 0 Å². The summed E-state index contributed by atoms with van der Waals surface area (Å²) in [5, 5.41) is 26.8. The number of aliphatic carboxylic acids is 1. The van der Waals surface area contributed by atoms with Crippen LogP contribution < -0.4 is 5.32 Å². The molecule has 6 nitrogen and oxygen atoms in total. The van der Waals surface area contributed by atoms with Gasteiger partial charge >= 0.3 is 5.97 Å². The molecule has 1 heterocycles. The average molecular weight is 281 g/mol. The van der Waals surface area contributed by atoms with Crippen molar-refractivity contribution in [2.75, 3.05) is 13.1 Å². The van der Waals surface area contributed by atoms with Crippen LogP contribution in [0.2, 0.25) is 0 Å². The number of aryl methyl sites for hydroxylation is 1. The molecule has 0 unspecified atom stereocenters. The molecule has 0 aliphatic heterocycles. The third-order valence-electron chi connectivity index (χ3n) is 4.00. The van der Waals surface area contributed by atoms with E-state index in [9.17, 15) is 9.90 Å². The Morgan fingerprint density at radius 1 is 1.55 bits per heavy atom. The second-order valence-corrected chi connectivity index (χ2v) is 5.79. The Morgan fingerprint density at radius 3 is 2.80 bits per heavy atom. The maximum absolute atomic E-state index is 10.9. The van der Waals surface area contributed by atoms with Crippen LogP contribution in [0.3, 0.4) is 0 Å². The third kappa shape index (κ3) is 4.05. The number of aromatic nitrogens is 2. The zero-order valence-corrected chi connectivity index (χ0v) is 11.9. The number of carbonyl (C=O) groups is 1. The van der Waals surface area contributed by atoms with Crippen LogP contribution in [0.1, 0.15) is 31.2 Å². The van der Waals surface area contributed by atoms with Gasteiger partial charge in [-0.15, -0.1) is 0 Å². The number of nitrogens with zero attached hydrogens (tertiary/aromatic N) is 2. The first-order chi connectivity index (χ1) is 9.48. The van der Waals surface area contributed by atoms with Crippen molar-refractivity contribution in [3.05, 3.63) is 18.0 Å². The van der Waals surface area contributed by atoms with E-state index in [-0.39, 0.29) is 5.92 Å². The zero-order valence-electron chi connectivity index (χ0n) is 11.9. The van der Waals surface area contributed by atoms with Crippen molar-refractivity contribution in [3.8, 4) is 0 Å². The smallest absolute Gasteiger partial charge is 0.306 e. The molecule has 112 valence electrons. The maximum atomic E-state index is 10.9. The van der Waals surface area contributed by atoms with E-state index in [2.05, 4.69) is 10.4 Å². The number of hydrogen-bond acceptors (Lipinski definition) is 4. The topological polar surface area (TPSA) is 87.4 Å². The highest BCUT2D eigenvalue weighted by atomic mass is 16.4. The van der Waals surface area contributed by atoms with Crippen LogP contribution in [0.15, 0.2) is 12.4 Å². The summed E-state index contributed by atoms with van der Waals surface area (Å²) in [4.78, 5) is 10.9. The fourth-order valence-corrected chi connectivity index (χ4v) is 2.68. The fraction of sp³-hybridized carbons (Fsp3) is 0.714. The second kappa shape index (κ2) is 6.37. The summed E-state index contributed by atoms with van der Waals surface area (Å²) in [6.07, 6.45) is 6.03. The van der Waals surface area contributed by atoms with Crippen LogP contribution in [0, 0.1) is 12.8 Å². The van der Waals surface area contributed by atoms with Crippen molar-refractivity contribution in [2.24, 2.45) is 5.92 Å². The minimum Gasteiger partial charge on any atom is -0.481 e. The zero-order chi connectivity index (χ0) is 14.6. The molecule has 0 aromatic carbocycles. The van der Waals surface area contributed by atoms with Crippen molar-refractivity contribution < 1.29 is 15.0 Å². The summed E-state index contributed by atoms with van der Waals surface area (Å²) < 4.78 is 1.87. The Bertz CT molecular complexity index is 450. The molecule has 3 N–H and O–H groups in total. The molecule has 0 spiro atoms. The standard InChI is InChI=1S/C14H23N3O3/c1-11-8-16-17(9-11)7-6-15-10-14(20)4-2-12(3-5-14)13(18)19/h8-9,12,15,20H,2-7,10H2,1H3,(H,18,19). The van der Waals surface area contributed by atoms with Crippen LogP contribution in [-0.4, -0.2) is 44.7 Å². The van der Waals surface area contributed by atoms with E-state index in [4.69, 9.17) is 5.11 Å². The average Bonchev–Trinajstić information content (AvgIpc) is 2.81. The molecule has 20 heavy (non-hydrogen) atoms. The van der Waals surface area contributed by atoms with E-state index in [0.717, 1.165) is 18.7 Å². The minimum atomic E-state index is -0.758. The quantitative estimate of drug-likeness (QED) is 0.671. The fourth-order valence-electron chi connectivity index (χ4n) is 2.68. The molecule has 1 aromatic heterocycles. The maximum Gasteiger partial charge on any atom is 0.306 e. The molecule has 0 saturated heterocycles. The van der Waals surface area contributed by atoms with E-state index < -0.39 is 11.6 Å². The van der Waals surface area contributed by atoms with Gasteiger partial charge < -0.3 is 15.5 Å². The lowest BCUT2D eigenvalue weighted by molar-refractivity contribution is -0.144. The molecule has 0 radical (unpaired) electrons. The summed E-state index contributed by atoms with van der Waals surface area (Å²) in [5.74, 6) is -1.03. The van der Waals surface area contributed by atoms with Crippen molar-refractivity contribution in [3.63, 3.8) is 0 Å². The van der Waals surface area contributed by atoms with Gasteiger partial charge in [0.25, 0.3) is 0 Å². The van der Waals surface area contributed by atoms with Crippen molar-refractivity contribution in [2.45, 2.75) is 44.8 Å². The highest BCUT2D eigenvalue weighted by Gasteiger charge is 2.35. The molecule has 6 heteroatoms. The normalized spacial score (nSPS) is 26.6. The van der Waals surface area contributed by atoms with Crippen molar-refractivity contribution in [1.82, 2.24) is 15.1 Å². The van der Waals surface area contributed by atoms with Gasteiger partial charge in [-0.05, 0) is 38.2 Å². The summed E-state index contributed by atoms with van der Waals surface area (Å²) in [5.41, 5.74) is 0.377. The Kier molecular flexibility index (Phi) is 4.77. The van der Waals surface area contributed by atoms with Gasteiger partial charge in [0.1, 0.15) is 0 Å². The summed E-state index contributed by atoms with van der Waals surface area (Å²) in [6, 6.07) is 0. The number of rotatable bonds is 6. The van der Waals surface area contributed by atoms with Gasteiger partial charge in [0, 0.05) is 19.3 Å². The lowest BCUT2D eigenvalue weighted by Crippen LogP contribution is -2.45. The van der Waals surface area contributed by atoms with Crippen molar-refractivity contribution in [1.29, 1.82) is 0 Å². The van der Waals surface area contributed by atoms with Crippen molar-refractivity contribution >= 4 is 5.97 Å². The van der Waals surface area contributed by atoms with Gasteiger partial charge in [-0.3, -0.25) is 9.48 Å².